The first-order chi connectivity index (χ1) is 9.19. The maximum Gasteiger partial charge on any atom is 0.126 e. The number of aromatic nitrogens is 1. The summed E-state index contributed by atoms with van der Waals surface area (Å²) in [7, 11) is 0. The summed E-state index contributed by atoms with van der Waals surface area (Å²) in [6.45, 7) is 5.78. The van der Waals surface area contributed by atoms with Gasteiger partial charge in [-0.3, -0.25) is 0 Å². The fraction of sp³-hybridized carbons (Fsp3) is 0.571. The molecule has 1 aliphatic heterocycles. The van der Waals surface area contributed by atoms with Crippen molar-refractivity contribution in [1.82, 2.24) is 9.88 Å². The van der Waals surface area contributed by atoms with Crippen molar-refractivity contribution < 1.29 is 0 Å². The molecule has 1 aromatic rings. The standard InChI is InChI=1S/C14H22N4S/c1-2-7-18-8-4-12(5-9-18)17-13-10-11(14(15)19)3-6-16-13/h3,6,10,12H,2,4-5,7-9H2,1H3,(H2,15,19)(H,16,17). The molecule has 2 heterocycles. The SMILES string of the molecule is CCCN1CCC(Nc2cc(C(N)=S)ccn2)CC1. The van der Waals surface area contributed by atoms with Crippen molar-refractivity contribution in [2.45, 2.75) is 32.2 Å². The molecule has 1 fully saturated rings. The van der Waals surface area contributed by atoms with Gasteiger partial charge in [-0.25, -0.2) is 4.98 Å². The Kier molecular flexibility index (Phi) is 5.10. The van der Waals surface area contributed by atoms with Gasteiger partial charge in [0.1, 0.15) is 10.8 Å². The molecule has 0 spiro atoms. The van der Waals surface area contributed by atoms with E-state index in [4.69, 9.17) is 18.0 Å². The summed E-state index contributed by atoms with van der Waals surface area (Å²) in [5.74, 6) is 0.874. The van der Waals surface area contributed by atoms with E-state index in [0.29, 0.717) is 11.0 Å². The van der Waals surface area contributed by atoms with Crippen molar-refractivity contribution in [1.29, 1.82) is 0 Å². The molecule has 5 heteroatoms. The first-order valence-corrected chi connectivity index (χ1v) is 7.34. The highest BCUT2D eigenvalue weighted by Crippen LogP contribution is 2.16. The monoisotopic (exact) mass is 278 g/mol. The van der Waals surface area contributed by atoms with Crippen LogP contribution in [0.3, 0.4) is 0 Å². The van der Waals surface area contributed by atoms with Crippen LogP contribution in [0, 0.1) is 0 Å². The Morgan fingerprint density at radius 1 is 1.53 bits per heavy atom. The van der Waals surface area contributed by atoms with Crippen LogP contribution < -0.4 is 11.1 Å². The van der Waals surface area contributed by atoms with Crippen LogP contribution in [-0.2, 0) is 0 Å². The first-order valence-electron chi connectivity index (χ1n) is 6.93. The Hall–Kier alpha value is -1.20. The number of hydrogen-bond acceptors (Lipinski definition) is 4. The van der Waals surface area contributed by atoms with E-state index in [9.17, 15) is 0 Å². The van der Waals surface area contributed by atoms with E-state index in [0.717, 1.165) is 11.4 Å². The van der Waals surface area contributed by atoms with E-state index in [1.54, 1.807) is 6.20 Å². The van der Waals surface area contributed by atoms with Crippen molar-refractivity contribution in [3.63, 3.8) is 0 Å². The van der Waals surface area contributed by atoms with Crippen LogP contribution in [0.5, 0.6) is 0 Å². The molecule has 0 saturated carbocycles. The third-order valence-corrected chi connectivity index (χ3v) is 3.76. The van der Waals surface area contributed by atoms with Crippen LogP contribution in [0.25, 0.3) is 0 Å². The molecule has 2 rings (SSSR count). The predicted molar refractivity (Wildman–Crippen MR) is 83.5 cm³/mol. The van der Waals surface area contributed by atoms with Crippen molar-refractivity contribution in [2.24, 2.45) is 5.73 Å². The molecule has 3 N–H and O–H groups in total. The molecule has 0 amide bonds. The summed E-state index contributed by atoms with van der Waals surface area (Å²) in [4.78, 5) is 7.28. The number of anilines is 1. The Balaban J connectivity index is 1.88. The van der Waals surface area contributed by atoms with Gasteiger partial charge in [0, 0.05) is 30.9 Å². The molecule has 0 radical (unpaired) electrons. The van der Waals surface area contributed by atoms with Gasteiger partial charge in [-0.1, -0.05) is 19.1 Å². The number of hydrogen-bond donors (Lipinski definition) is 2. The van der Waals surface area contributed by atoms with E-state index in [2.05, 4.69) is 22.1 Å². The molecule has 0 bridgehead atoms. The fourth-order valence-corrected chi connectivity index (χ4v) is 2.62. The molecule has 0 atom stereocenters. The van der Waals surface area contributed by atoms with Gasteiger partial charge < -0.3 is 16.0 Å². The van der Waals surface area contributed by atoms with Crippen LogP contribution >= 0.6 is 12.2 Å². The van der Waals surface area contributed by atoms with Gasteiger partial charge in [-0.15, -0.1) is 0 Å². The second-order valence-corrected chi connectivity index (χ2v) is 5.49. The highest BCUT2D eigenvalue weighted by molar-refractivity contribution is 7.80. The number of likely N-dealkylation sites (tertiary alicyclic amines) is 1. The smallest absolute Gasteiger partial charge is 0.126 e. The topological polar surface area (TPSA) is 54.2 Å². The van der Waals surface area contributed by atoms with Gasteiger partial charge >= 0.3 is 0 Å². The summed E-state index contributed by atoms with van der Waals surface area (Å²) in [6.07, 6.45) is 5.32. The lowest BCUT2D eigenvalue weighted by Gasteiger charge is -2.32. The molecule has 1 aliphatic rings. The van der Waals surface area contributed by atoms with Gasteiger partial charge in [-0.2, -0.15) is 0 Å². The molecule has 19 heavy (non-hydrogen) atoms. The molecule has 0 unspecified atom stereocenters. The molecule has 0 aromatic carbocycles. The van der Waals surface area contributed by atoms with Crippen molar-refractivity contribution in [3.8, 4) is 0 Å². The van der Waals surface area contributed by atoms with E-state index in [-0.39, 0.29) is 0 Å². The van der Waals surface area contributed by atoms with Gasteiger partial charge in [0.2, 0.25) is 0 Å². The first kappa shape index (κ1) is 14.2. The average molecular weight is 278 g/mol. The number of nitrogens with zero attached hydrogens (tertiary/aromatic N) is 2. The average Bonchev–Trinajstić information content (AvgIpc) is 2.42. The zero-order valence-electron chi connectivity index (χ0n) is 11.4. The highest BCUT2D eigenvalue weighted by Gasteiger charge is 2.18. The van der Waals surface area contributed by atoms with Crippen molar-refractivity contribution in [3.05, 3.63) is 23.9 Å². The van der Waals surface area contributed by atoms with Crippen LogP contribution in [0.1, 0.15) is 31.7 Å². The van der Waals surface area contributed by atoms with Gasteiger partial charge in [0.05, 0.1) is 0 Å². The third-order valence-electron chi connectivity index (χ3n) is 3.52. The van der Waals surface area contributed by atoms with Crippen LogP contribution in [0.4, 0.5) is 5.82 Å². The third kappa shape index (κ3) is 4.14. The van der Waals surface area contributed by atoms with Crippen LogP contribution in [0.2, 0.25) is 0 Å². The van der Waals surface area contributed by atoms with Crippen molar-refractivity contribution in [2.75, 3.05) is 25.0 Å². The Morgan fingerprint density at radius 3 is 2.89 bits per heavy atom. The maximum absolute atomic E-state index is 5.64. The summed E-state index contributed by atoms with van der Waals surface area (Å²) < 4.78 is 0. The molecule has 104 valence electrons. The van der Waals surface area contributed by atoms with Crippen LogP contribution in [-0.4, -0.2) is 40.5 Å². The van der Waals surface area contributed by atoms with E-state index < -0.39 is 0 Å². The second kappa shape index (κ2) is 6.82. The van der Waals surface area contributed by atoms with Gasteiger partial charge in [-0.05, 0) is 37.9 Å². The van der Waals surface area contributed by atoms with Gasteiger partial charge in [0.25, 0.3) is 0 Å². The number of nitrogens with two attached hydrogens (primary N) is 1. The molecule has 1 aromatic heterocycles. The van der Waals surface area contributed by atoms with E-state index in [1.165, 1.54) is 38.9 Å². The molecule has 4 nitrogen and oxygen atoms in total. The fourth-order valence-electron chi connectivity index (χ4n) is 2.49. The summed E-state index contributed by atoms with van der Waals surface area (Å²) >= 11 is 4.99. The quantitative estimate of drug-likeness (QED) is 0.807. The Labute approximate surface area is 120 Å². The maximum atomic E-state index is 5.64. The highest BCUT2D eigenvalue weighted by atomic mass is 32.1. The lowest BCUT2D eigenvalue weighted by atomic mass is 10.0. The van der Waals surface area contributed by atoms with E-state index >= 15 is 0 Å². The van der Waals surface area contributed by atoms with Gasteiger partial charge in [0.15, 0.2) is 0 Å². The zero-order valence-corrected chi connectivity index (χ0v) is 12.2. The summed E-state index contributed by atoms with van der Waals surface area (Å²) in [5, 5.41) is 3.49. The minimum atomic E-state index is 0.420. The lowest BCUT2D eigenvalue weighted by Crippen LogP contribution is -2.39. The molecular formula is C14H22N4S. The number of thiocarbonyl (C=S) groups is 1. The zero-order chi connectivity index (χ0) is 13.7. The minimum Gasteiger partial charge on any atom is -0.389 e. The van der Waals surface area contributed by atoms with Crippen molar-refractivity contribution >= 4 is 23.0 Å². The van der Waals surface area contributed by atoms with Crippen LogP contribution in [0.15, 0.2) is 18.3 Å². The Bertz CT molecular complexity index is 427. The number of piperidine rings is 1. The predicted octanol–water partition coefficient (Wildman–Crippen LogP) is 2.00. The molecule has 0 aliphatic carbocycles. The summed E-state index contributed by atoms with van der Waals surface area (Å²) in [5.41, 5.74) is 6.51. The molecule has 1 saturated heterocycles. The molecular weight excluding hydrogens is 256 g/mol. The number of nitrogens with one attached hydrogen (secondary N) is 1. The largest absolute Gasteiger partial charge is 0.389 e. The van der Waals surface area contributed by atoms with E-state index in [1.807, 2.05) is 12.1 Å². The number of pyridine rings is 1. The minimum absolute atomic E-state index is 0.420. The Morgan fingerprint density at radius 2 is 2.26 bits per heavy atom. The number of rotatable bonds is 5. The second-order valence-electron chi connectivity index (χ2n) is 5.05. The normalized spacial score (nSPS) is 17.3. The lowest BCUT2D eigenvalue weighted by molar-refractivity contribution is 0.219. The summed E-state index contributed by atoms with van der Waals surface area (Å²) in [6, 6.07) is 4.28.